The van der Waals surface area contributed by atoms with Crippen LogP contribution in [-0.4, -0.2) is 15.7 Å². The van der Waals surface area contributed by atoms with Crippen molar-refractivity contribution < 1.29 is 4.74 Å². The molecule has 2 unspecified atom stereocenters. The van der Waals surface area contributed by atoms with Crippen LogP contribution >= 0.6 is 0 Å². The summed E-state index contributed by atoms with van der Waals surface area (Å²) in [5.41, 5.74) is 5.74. The van der Waals surface area contributed by atoms with Gasteiger partial charge in [0.1, 0.15) is 5.75 Å². The van der Waals surface area contributed by atoms with Gasteiger partial charge >= 0.3 is 0 Å². The Balaban J connectivity index is 1.59. The summed E-state index contributed by atoms with van der Waals surface area (Å²) in [6.07, 6.45) is 4.25. The van der Waals surface area contributed by atoms with Crippen molar-refractivity contribution in [1.29, 1.82) is 0 Å². The van der Waals surface area contributed by atoms with E-state index in [4.69, 9.17) is 9.84 Å². The number of pyridine rings is 1. The molecule has 3 aromatic rings. The normalized spacial score (nSPS) is 20.8. The smallest absolute Gasteiger partial charge is 0.215 e. The lowest BCUT2D eigenvalue weighted by Crippen LogP contribution is -2.33. The van der Waals surface area contributed by atoms with E-state index in [9.17, 15) is 0 Å². The lowest BCUT2D eigenvalue weighted by Gasteiger charge is -2.38. The average Bonchev–Trinajstić information content (AvgIpc) is 3.14. The summed E-state index contributed by atoms with van der Waals surface area (Å²) in [5.74, 6) is 0.933. The monoisotopic (exact) mass is 341 g/mol. The van der Waals surface area contributed by atoms with Crippen molar-refractivity contribution in [2.75, 3.05) is 0 Å². The minimum absolute atomic E-state index is 0.182. The topological polar surface area (TPSA) is 37.7 Å². The fraction of sp³-hybridized carbons (Fsp3) is 0.182. The van der Waals surface area contributed by atoms with Gasteiger partial charge in [0, 0.05) is 29.9 Å². The van der Waals surface area contributed by atoms with Gasteiger partial charge in [0.05, 0.1) is 11.8 Å². The van der Waals surface area contributed by atoms with Crippen molar-refractivity contribution >= 4 is 5.71 Å². The van der Waals surface area contributed by atoms with Crippen LogP contribution in [0.25, 0.3) is 0 Å². The van der Waals surface area contributed by atoms with Gasteiger partial charge < -0.3 is 4.74 Å². The number of nitrogens with zero attached hydrogens (tertiary/aromatic N) is 3. The van der Waals surface area contributed by atoms with E-state index in [1.807, 2.05) is 30.5 Å². The molecule has 2 aromatic carbocycles. The number of hydrogen-bond acceptors (Lipinski definition) is 4. The Bertz CT molecular complexity index is 966. The first-order valence-electron chi connectivity index (χ1n) is 8.88. The molecule has 3 heterocycles. The fourth-order valence-corrected chi connectivity index (χ4v) is 3.70. The lowest BCUT2D eigenvalue weighted by molar-refractivity contribution is -0.0192. The van der Waals surface area contributed by atoms with Crippen molar-refractivity contribution in [3.63, 3.8) is 0 Å². The van der Waals surface area contributed by atoms with Crippen LogP contribution in [0.3, 0.4) is 0 Å². The molecule has 128 valence electrons. The first kappa shape index (κ1) is 15.1. The van der Waals surface area contributed by atoms with Gasteiger partial charge in [-0.05, 0) is 24.6 Å². The third kappa shape index (κ3) is 2.46. The standard InChI is InChI=1S/C22H19N3O/c1-15-8-10-16(11-9-15)19-13-20-18-6-2-3-7-21(18)26-22(25(20)24-19)17-5-4-12-23-14-17/h2-12,14,20,22H,13H2,1H3. The molecule has 0 N–H and O–H groups in total. The minimum Gasteiger partial charge on any atom is -0.464 e. The molecule has 2 aliphatic rings. The highest BCUT2D eigenvalue weighted by Gasteiger charge is 2.40. The molecule has 2 aliphatic heterocycles. The number of aryl methyl sites for hydroxylation is 1. The lowest BCUT2D eigenvalue weighted by atomic mass is 9.96. The zero-order chi connectivity index (χ0) is 17.5. The van der Waals surface area contributed by atoms with Gasteiger partial charge in [-0.25, -0.2) is 5.01 Å². The van der Waals surface area contributed by atoms with Crippen LogP contribution in [0, 0.1) is 6.92 Å². The molecule has 0 saturated heterocycles. The molecule has 5 rings (SSSR count). The molecule has 0 fully saturated rings. The zero-order valence-corrected chi connectivity index (χ0v) is 14.5. The Labute approximate surface area is 152 Å². The van der Waals surface area contributed by atoms with E-state index >= 15 is 0 Å². The Morgan fingerprint density at radius 3 is 2.65 bits per heavy atom. The summed E-state index contributed by atoms with van der Waals surface area (Å²) < 4.78 is 6.31. The maximum atomic E-state index is 6.31. The number of rotatable bonds is 2. The van der Waals surface area contributed by atoms with E-state index in [1.54, 1.807) is 6.20 Å². The van der Waals surface area contributed by atoms with Gasteiger partial charge in [-0.3, -0.25) is 4.98 Å². The van der Waals surface area contributed by atoms with E-state index < -0.39 is 0 Å². The van der Waals surface area contributed by atoms with Crippen molar-refractivity contribution in [2.45, 2.75) is 25.6 Å². The summed E-state index contributed by atoms with van der Waals surface area (Å²) in [6, 6.07) is 21.0. The molecule has 4 heteroatoms. The predicted octanol–water partition coefficient (Wildman–Crippen LogP) is 4.63. The average molecular weight is 341 g/mol. The number of hydrazone groups is 1. The van der Waals surface area contributed by atoms with E-state index in [1.165, 1.54) is 16.7 Å². The number of hydrogen-bond donors (Lipinski definition) is 0. The van der Waals surface area contributed by atoms with Crippen LogP contribution < -0.4 is 4.74 Å². The van der Waals surface area contributed by atoms with Crippen molar-refractivity contribution in [1.82, 2.24) is 9.99 Å². The van der Waals surface area contributed by atoms with Gasteiger partial charge in [0.15, 0.2) is 0 Å². The maximum absolute atomic E-state index is 6.31. The van der Waals surface area contributed by atoms with Gasteiger partial charge in [0.25, 0.3) is 0 Å². The van der Waals surface area contributed by atoms with E-state index in [0.717, 1.165) is 23.4 Å². The third-order valence-corrected chi connectivity index (χ3v) is 5.05. The third-order valence-electron chi connectivity index (χ3n) is 5.05. The molecule has 0 bridgehead atoms. The quantitative estimate of drug-likeness (QED) is 0.682. The van der Waals surface area contributed by atoms with Gasteiger partial charge in [-0.2, -0.15) is 5.10 Å². The van der Waals surface area contributed by atoms with Gasteiger partial charge in [-0.15, -0.1) is 0 Å². The minimum atomic E-state index is -0.258. The van der Waals surface area contributed by atoms with Crippen LogP contribution in [0.1, 0.15) is 40.9 Å². The Kier molecular flexibility index (Phi) is 3.49. The van der Waals surface area contributed by atoms with Crippen molar-refractivity contribution in [3.05, 3.63) is 95.3 Å². The molecular weight excluding hydrogens is 322 g/mol. The van der Waals surface area contributed by atoms with Crippen LogP contribution in [0.15, 0.2) is 78.2 Å². The van der Waals surface area contributed by atoms with Gasteiger partial charge in [0.2, 0.25) is 6.23 Å². The summed E-state index contributed by atoms with van der Waals surface area (Å²) >= 11 is 0. The molecule has 0 amide bonds. The molecule has 4 nitrogen and oxygen atoms in total. The maximum Gasteiger partial charge on any atom is 0.215 e. The van der Waals surface area contributed by atoms with Crippen LogP contribution in [0.5, 0.6) is 5.75 Å². The Morgan fingerprint density at radius 1 is 1.00 bits per heavy atom. The molecule has 2 atom stereocenters. The number of aromatic nitrogens is 1. The summed E-state index contributed by atoms with van der Waals surface area (Å²) in [7, 11) is 0. The van der Waals surface area contributed by atoms with Crippen molar-refractivity contribution in [3.8, 4) is 5.75 Å². The second-order valence-electron chi connectivity index (χ2n) is 6.81. The molecule has 0 spiro atoms. The van der Waals surface area contributed by atoms with Gasteiger partial charge in [-0.1, -0.05) is 54.1 Å². The van der Waals surface area contributed by atoms with Crippen LogP contribution in [0.4, 0.5) is 0 Å². The second kappa shape index (κ2) is 5.99. The van der Waals surface area contributed by atoms with E-state index in [-0.39, 0.29) is 12.3 Å². The summed E-state index contributed by atoms with van der Waals surface area (Å²) in [5, 5.41) is 7.06. The van der Waals surface area contributed by atoms with Crippen molar-refractivity contribution in [2.24, 2.45) is 5.10 Å². The molecule has 0 radical (unpaired) electrons. The first-order valence-corrected chi connectivity index (χ1v) is 8.88. The molecule has 0 aliphatic carbocycles. The van der Waals surface area contributed by atoms with Crippen LogP contribution in [-0.2, 0) is 0 Å². The van der Waals surface area contributed by atoms with Crippen LogP contribution in [0.2, 0.25) is 0 Å². The van der Waals surface area contributed by atoms with E-state index in [2.05, 4.69) is 53.3 Å². The first-order chi connectivity index (χ1) is 12.8. The summed E-state index contributed by atoms with van der Waals surface area (Å²) in [6.45, 7) is 2.10. The number of benzene rings is 2. The highest BCUT2D eigenvalue weighted by molar-refractivity contribution is 6.02. The molecule has 26 heavy (non-hydrogen) atoms. The number of para-hydroxylation sites is 1. The molecule has 0 saturated carbocycles. The number of fused-ring (bicyclic) bond motifs is 3. The Morgan fingerprint density at radius 2 is 1.85 bits per heavy atom. The Hall–Kier alpha value is -3.14. The number of ether oxygens (including phenoxy) is 1. The fourth-order valence-electron chi connectivity index (χ4n) is 3.70. The second-order valence-corrected chi connectivity index (χ2v) is 6.81. The molecular formula is C22H19N3O. The summed E-state index contributed by atoms with van der Waals surface area (Å²) in [4.78, 5) is 4.26. The zero-order valence-electron chi connectivity index (χ0n) is 14.5. The largest absolute Gasteiger partial charge is 0.464 e. The SMILES string of the molecule is Cc1ccc(C2=NN3C(C2)c2ccccc2OC3c2cccnc2)cc1. The van der Waals surface area contributed by atoms with E-state index in [0.29, 0.717) is 0 Å². The molecule has 1 aromatic heterocycles. The predicted molar refractivity (Wildman–Crippen MR) is 101 cm³/mol. The highest BCUT2D eigenvalue weighted by atomic mass is 16.5. The highest BCUT2D eigenvalue weighted by Crippen LogP contribution is 2.47.